The second kappa shape index (κ2) is 5.88. The van der Waals surface area contributed by atoms with Crippen LogP contribution in [0, 0.1) is 0 Å². The topological polar surface area (TPSA) is 38.3 Å². The lowest BCUT2D eigenvalue weighted by atomic mass is 10.1. The number of carbonyl (C=O) groups excluding carboxylic acids is 1. The zero-order valence-electron chi connectivity index (χ0n) is 8.79. The standard InChI is InChI=1S/C11H14BrNO2/c1-8(13-11(14)7-15-2)9-5-3-4-6-10(9)12/h3-6,8H,7H2,1-2H3,(H,13,14)/t8-/m1/s1. The molecule has 0 saturated heterocycles. The van der Waals surface area contributed by atoms with Crippen molar-refractivity contribution in [3.8, 4) is 0 Å². The van der Waals surface area contributed by atoms with Gasteiger partial charge in [-0.05, 0) is 18.6 Å². The number of hydrogen-bond donors (Lipinski definition) is 1. The van der Waals surface area contributed by atoms with Gasteiger partial charge in [0.05, 0.1) is 6.04 Å². The van der Waals surface area contributed by atoms with Gasteiger partial charge >= 0.3 is 0 Å². The largest absolute Gasteiger partial charge is 0.375 e. The molecule has 0 aromatic heterocycles. The average Bonchev–Trinajstić information content (AvgIpc) is 2.18. The van der Waals surface area contributed by atoms with Crippen LogP contribution in [-0.2, 0) is 9.53 Å². The maximum absolute atomic E-state index is 11.3. The van der Waals surface area contributed by atoms with E-state index in [0.29, 0.717) is 0 Å². The van der Waals surface area contributed by atoms with Gasteiger partial charge in [0.15, 0.2) is 0 Å². The number of halogens is 1. The van der Waals surface area contributed by atoms with Gasteiger partial charge in [0.2, 0.25) is 5.91 Å². The molecule has 15 heavy (non-hydrogen) atoms. The van der Waals surface area contributed by atoms with Gasteiger partial charge in [0, 0.05) is 11.6 Å². The smallest absolute Gasteiger partial charge is 0.246 e. The van der Waals surface area contributed by atoms with Crippen molar-refractivity contribution in [3.63, 3.8) is 0 Å². The van der Waals surface area contributed by atoms with Gasteiger partial charge in [-0.3, -0.25) is 4.79 Å². The zero-order chi connectivity index (χ0) is 11.3. The summed E-state index contributed by atoms with van der Waals surface area (Å²) in [5.41, 5.74) is 1.06. The van der Waals surface area contributed by atoms with E-state index >= 15 is 0 Å². The molecule has 0 spiro atoms. The predicted octanol–water partition coefficient (Wildman–Crippen LogP) is 2.27. The third-order valence-corrected chi connectivity index (χ3v) is 2.75. The van der Waals surface area contributed by atoms with Crippen LogP contribution in [0.4, 0.5) is 0 Å². The molecule has 0 aliphatic carbocycles. The maximum Gasteiger partial charge on any atom is 0.246 e. The number of methoxy groups -OCH3 is 1. The van der Waals surface area contributed by atoms with Crippen molar-refractivity contribution in [2.45, 2.75) is 13.0 Å². The molecular weight excluding hydrogens is 258 g/mol. The Bertz CT molecular complexity index is 341. The van der Waals surface area contributed by atoms with Crippen LogP contribution >= 0.6 is 15.9 Å². The first kappa shape index (κ1) is 12.2. The Morgan fingerprint density at radius 3 is 2.80 bits per heavy atom. The first-order chi connectivity index (χ1) is 7.15. The number of benzene rings is 1. The minimum absolute atomic E-state index is 0.0248. The van der Waals surface area contributed by atoms with Crippen molar-refractivity contribution in [1.29, 1.82) is 0 Å². The summed E-state index contributed by atoms with van der Waals surface area (Å²) in [4.78, 5) is 11.3. The van der Waals surface area contributed by atoms with Gasteiger partial charge in [-0.15, -0.1) is 0 Å². The van der Waals surface area contributed by atoms with E-state index in [-0.39, 0.29) is 18.6 Å². The zero-order valence-corrected chi connectivity index (χ0v) is 10.4. The molecule has 1 rings (SSSR count). The predicted molar refractivity (Wildman–Crippen MR) is 62.6 cm³/mol. The number of carbonyl (C=O) groups is 1. The molecule has 1 N–H and O–H groups in total. The molecule has 0 aliphatic heterocycles. The van der Waals surface area contributed by atoms with Gasteiger partial charge in [-0.1, -0.05) is 34.1 Å². The molecule has 3 nitrogen and oxygen atoms in total. The van der Waals surface area contributed by atoms with Gasteiger partial charge in [0.1, 0.15) is 6.61 Å². The average molecular weight is 272 g/mol. The second-order valence-corrected chi connectivity index (χ2v) is 4.10. The number of rotatable bonds is 4. The highest BCUT2D eigenvalue weighted by Crippen LogP contribution is 2.22. The van der Waals surface area contributed by atoms with Crippen LogP contribution in [0.25, 0.3) is 0 Å². The molecule has 0 heterocycles. The van der Waals surface area contributed by atoms with E-state index in [1.54, 1.807) is 0 Å². The van der Waals surface area contributed by atoms with Gasteiger partial charge in [-0.25, -0.2) is 0 Å². The van der Waals surface area contributed by atoms with Crippen LogP contribution in [-0.4, -0.2) is 19.6 Å². The van der Waals surface area contributed by atoms with Crippen LogP contribution in [0.3, 0.4) is 0 Å². The van der Waals surface area contributed by atoms with E-state index in [9.17, 15) is 4.79 Å². The van der Waals surface area contributed by atoms with Crippen molar-refractivity contribution >= 4 is 21.8 Å². The monoisotopic (exact) mass is 271 g/mol. The Morgan fingerprint density at radius 2 is 2.20 bits per heavy atom. The number of nitrogens with one attached hydrogen (secondary N) is 1. The minimum atomic E-state index is -0.110. The third kappa shape index (κ3) is 3.64. The lowest BCUT2D eigenvalue weighted by molar-refractivity contribution is -0.125. The van der Waals surface area contributed by atoms with Crippen molar-refractivity contribution in [2.24, 2.45) is 0 Å². The van der Waals surface area contributed by atoms with E-state index in [0.717, 1.165) is 10.0 Å². The molecule has 0 aliphatic rings. The molecule has 0 radical (unpaired) electrons. The summed E-state index contributed by atoms with van der Waals surface area (Å²) in [6, 6.07) is 7.79. The van der Waals surface area contributed by atoms with Crippen LogP contribution in [0.2, 0.25) is 0 Å². The Morgan fingerprint density at radius 1 is 1.53 bits per heavy atom. The summed E-state index contributed by atoms with van der Waals surface area (Å²) in [7, 11) is 1.50. The summed E-state index contributed by atoms with van der Waals surface area (Å²) >= 11 is 3.44. The number of amides is 1. The maximum atomic E-state index is 11.3. The van der Waals surface area contributed by atoms with Crippen molar-refractivity contribution in [1.82, 2.24) is 5.32 Å². The van der Waals surface area contributed by atoms with Gasteiger partial charge < -0.3 is 10.1 Å². The molecule has 4 heteroatoms. The molecule has 1 aromatic carbocycles. The molecule has 1 atom stereocenters. The van der Waals surface area contributed by atoms with Crippen molar-refractivity contribution in [2.75, 3.05) is 13.7 Å². The SMILES string of the molecule is COCC(=O)N[C@H](C)c1ccccc1Br. The van der Waals surface area contributed by atoms with E-state index in [1.165, 1.54) is 7.11 Å². The fourth-order valence-electron chi connectivity index (χ4n) is 1.32. The fourth-order valence-corrected chi connectivity index (χ4v) is 1.95. The lowest BCUT2D eigenvalue weighted by Gasteiger charge is -2.15. The van der Waals surface area contributed by atoms with E-state index < -0.39 is 0 Å². The number of ether oxygens (including phenoxy) is 1. The normalized spacial score (nSPS) is 12.2. The highest BCUT2D eigenvalue weighted by Gasteiger charge is 2.11. The Labute approximate surface area is 97.9 Å². The lowest BCUT2D eigenvalue weighted by Crippen LogP contribution is -2.29. The van der Waals surface area contributed by atoms with Crippen LogP contribution < -0.4 is 5.32 Å². The molecule has 0 fully saturated rings. The molecule has 82 valence electrons. The minimum Gasteiger partial charge on any atom is -0.375 e. The molecule has 0 bridgehead atoms. The Hall–Kier alpha value is -0.870. The first-order valence-electron chi connectivity index (χ1n) is 4.68. The van der Waals surface area contributed by atoms with Crippen molar-refractivity contribution < 1.29 is 9.53 Å². The van der Waals surface area contributed by atoms with Crippen molar-refractivity contribution in [3.05, 3.63) is 34.3 Å². The summed E-state index contributed by atoms with van der Waals surface area (Å²) in [6.07, 6.45) is 0. The van der Waals surface area contributed by atoms with E-state index in [2.05, 4.69) is 21.2 Å². The molecule has 1 amide bonds. The molecule has 0 unspecified atom stereocenters. The van der Waals surface area contributed by atoms with E-state index in [4.69, 9.17) is 4.74 Å². The highest BCUT2D eigenvalue weighted by molar-refractivity contribution is 9.10. The summed E-state index contributed by atoms with van der Waals surface area (Å²) < 4.78 is 5.74. The first-order valence-corrected chi connectivity index (χ1v) is 5.47. The van der Waals surface area contributed by atoms with Crippen LogP contribution in [0.5, 0.6) is 0 Å². The summed E-state index contributed by atoms with van der Waals surface area (Å²) in [6.45, 7) is 2.03. The molecular formula is C11H14BrNO2. The van der Waals surface area contributed by atoms with Crippen LogP contribution in [0.15, 0.2) is 28.7 Å². The van der Waals surface area contributed by atoms with Crippen LogP contribution in [0.1, 0.15) is 18.5 Å². The number of hydrogen-bond acceptors (Lipinski definition) is 2. The van der Waals surface area contributed by atoms with E-state index in [1.807, 2.05) is 31.2 Å². The second-order valence-electron chi connectivity index (χ2n) is 3.24. The highest BCUT2D eigenvalue weighted by atomic mass is 79.9. The fraction of sp³-hybridized carbons (Fsp3) is 0.364. The third-order valence-electron chi connectivity index (χ3n) is 2.02. The van der Waals surface area contributed by atoms with Gasteiger partial charge in [0.25, 0.3) is 0 Å². The molecule has 1 aromatic rings. The Balaban J connectivity index is 2.65. The summed E-state index contributed by atoms with van der Waals surface area (Å²) in [5.74, 6) is -0.110. The summed E-state index contributed by atoms with van der Waals surface area (Å²) in [5, 5.41) is 2.84. The molecule has 0 saturated carbocycles. The Kier molecular flexibility index (Phi) is 4.78. The quantitative estimate of drug-likeness (QED) is 0.913. The van der Waals surface area contributed by atoms with Gasteiger partial charge in [-0.2, -0.15) is 0 Å².